The second-order valence-electron chi connectivity index (χ2n) is 5.87. The first-order valence-electron chi connectivity index (χ1n) is 8.17. The van der Waals surface area contributed by atoms with Crippen LogP contribution in [0.3, 0.4) is 0 Å². The number of carbonyl (C=O) groups is 3. The van der Waals surface area contributed by atoms with Crippen LogP contribution in [-0.4, -0.2) is 24.5 Å². The number of nitrogens with two attached hydrogens (primary N) is 1. The molecule has 0 radical (unpaired) electrons. The average molecular weight is 390 g/mol. The van der Waals surface area contributed by atoms with E-state index in [1.54, 1.807) is 42.5 Å². The summed E-state index contributed by atoms with van der Waals surface area (Å²) in [7, 11) is 0. The van der Waals surface area contributed by atoms with E-state index < -0.39 is 30.6 Å². The van der Waals surface area contributed by atoms with Gasteiger partial charge in [-0.25, -0.2) is 4.79 Å². The number of esters is 1. The molecule has 2 aromatic carbocycles. The molecule has 0 aliphatic rings. The summed E-state index contributed by atoms with van der Waals surface area (Å²) >= 11 is 6.11. The van der Waals surface area contributed by atoms with Crippen LogP contribution in [0.15, 0.2) is 48.5 Å². The van der Waals surface area contributed by atoms with Crippen molar-refractivity contribution >= 4 is 35.2 Å². The van der Waals surface area contributed by atoms with Crippen LogP contribution in [0.4, 0.5) is 10.5 Å². The minimum Gasteiger partial charge on any atom is -0.455 e. The normalized spacial score (nSPS) is 11.3. The van der Waals surface area contributed by atoms with Crippen molar-refractivity contribution in [3.8, 4) is 0 Å². The molecule has 0 aliphatic carbocycles. The Morgan fingerprint density at radius 3 is 2.56 bits per heavy atom. The molecule has 0 saturated heterocycles. The van der Waals surface area contributed by atoms with Gasteiger partial charge >= 0.3 is 12.0 Å². The lowest BCUT2D eigenvalue weighted by molar-refractivity contribution is -0.147. The van der Waals surface area contributed by atoms with Crippen LogP contribution in [0.1, 0.15) is 23.6 Å². The third-order valence-electron chi connectivity index (χ3n) is 3.63. The van der Waals surface area contributed by atoms with E-state index in [4.69, 9.17) is 22.1 Å². The third-order valence-corrected chi connectivity index (χ3v) is 3.98. The maximum Gasteiger partial charge on any atom is 0.312 e. The summed E-state index contributed by atoms with van der Waals surface area (Å²) in [5.41, 5.74) is 7.30. The number of carbonyl (C=O) groups excluding carboxylic acids is 3. The van der Waals surface area contributed by atoms with E-state index in [2.05, 4.69) is 10.6 Å². The van der Waals surface area contributed by atoms with Crippen LogP contribution in [-0.2, 0) is 14.3 Å². The van der Waals surface area contributed by atoms with E-state index in [1.807, 2.05) is 13.0 Å². The molecule has 0 fully saturated rings. The largest absolute Gasteiger partial charge is 0.455 e. The van der Waals surface area contributed by atoms with Crippen molar-refractivity contribution in [2.75, 3.05) is 11.9 Å². The number of anilines is 1. The number of hydrogen-bond acceptors (Lipinski definition) is 4. The maximum atomic E-state index is 12.1. The molecular weight excluding hydrogens is 370 g/mol. The number of aryl methyl sites for hydroxylation is 1. The van der Waals surface area contributed by atoms with E-state index in [0.29, 0.717) is 16.3 Å². The Kier molecular flexibility index (Phi) is 7.19. The zero-order chi connectivity index (χ0) is 19.8. The lowest BCUT2D eigenvalue weighted by Gasteiger charge is -2.18. The van der Waals surface area contributed by atoms with Crippen molar-refractivity contribution in [3.05, 3.63) is 64.7 Å². The number of ether oxygens (including phenoxy) is 1. The van der Waals surface area contributed by atoms with Crippen LogP contribution in [0.25, 0.3) is 0 Å². The van der Waals surface area contributed by atoms with Crippen LogP contribution in [0.2, 0.25) is 5.02 Å². The van der Waals surface area contributed by atoms with Crippen molar-refractivity contribution in [2.45, 2.75) is 19.4 Å². The molecule has 0 spiro atoms. The van der Waals surface area contributed by atoms with Gasteiger partial charge in [0.25, 0.3) is 5.91 Å². The Balaban J connectivity index is 1.92. The fraction of sp³-hybridized carbons (Fsp3) is 0.211. The number of urea groups is 1. The first kappa shape index (κ1) is 20.3. The number of primary amides is 1. The van der Waals surface area contributed by atoms with Crippen molar-refractivity contribution in [2.24, 2.45) is 5.73 Å². The SMILES string of the molecule is Cc1cccc(NC(=O)COC(=O)C[C@H](NC(N)=O)c2ccccc2Cl)c1. The molecule has 0 aromatic heterocycles. The number of halogens is 1. The molecule has 0 unspecified atom stereocenters. The van der Waals surface area contributed by atoms with E-state index in [0.717, 1.165) is 5.56 Å². The zero-order valence-corrected chi connectivity index (χ0v) is 15.5. The van der Waals surface area contributed by atoms with E-state index in [1.165, 1.54) is 0 Å². The van der Waals surface area contributed by atoms with Gasteiger partial charge < -0.3 is 21.1 Å². The predicted octanol–water partition coefficient (Wildman–Crippen LogP) is 2.93. The Labute approximate surface area is 161 Å². The second kappa shape index (κ2) is 9.59. The number of amides is 3. The Morgan fingerprint density at radius 1 is 1.15 bits per heavy atom. The van der Waals surface area contributed by atoms with Gasteiger partial charge in [0.1, 0.15) is 0 Å². The zero-order valence-electron chi connectivity index (χ0n) is 14.7. The molecule has 0 saturated carbocycles. The van der Waals surface area contributed by atoms with Gasteiger partial charge in [-0.15, -0.1) is 0 Å². The van der Waals surface area contributed by atoms with Gasteiger partial charge in [-0.3, -0.25) is 9.59 Å². The summed E-state index contributed by atoms with van der Waals surface area (Å²) in [4.78, 5) is 35.2. The monoisotopic (exact) mass is 389 g/mol. The molecule has 0 heterocycles. The number of hydrogen-bond donors (Lipinski definition) is 3. The molecule has 7 nitrogen and oxygen atoms in total. The minimum atomic E-state index is -0.801. The van der Waals surface area contributed by atoms with Gasteiger partial charge in [-0.2, -0.15) is 0 Å². The third kappa shape index (κ3) is 6.63. The van der Waals surface area contributed by atoms with E-state index >= 15 is 0 Å². The fourth-order valence-corrected chi connectivity index (χ4v) is 2.73. The highest BCUT2D eigenvalue weighted by Crippen LogP contribution is 2.25. The van der Waals surface area contributed by atoms with E-state index in [9.17, 15) is 14.4 Å². The standard InChI is InChI=1S/C19H20ClN3O4/c1-12-5-4-6-13(9-12)22-17(24)11-27-18(25)10-16(23-19(21)26)14-7-2-3-8-15(14)20/h2-9,16H,10-11H2,1H3,(H,22,24)(H3,21,23,26)/t16-/m0/s1. The molecule has 2 rings (SSSR count). The van der Waals surface area contributed by atoms with Crippen LogP contribution in [0, 0.1) is 6.92 Å². The van der Waals surface area contributed by atoms with Crippen molar-refractivity contribution < 1.29 is 19.1 Å². The minimum absolute atomic E-state index is 0.218. The summed E-state index contributed by atoms with van der Waals surface area (Å²) in [5, 5.41) is 5.47. The maximum absolute atomic E-state index is 12.1. The first-order chi connectivity index (χ1) is 12.8. The summed E-state index contributed by atoms with van der Waals surface area (Å²) in [5.74, 6) is -1.14. The highest BCUT2D eigenvalue weighted by Gasteiger charge is 2.21. The van der Waals surface area contributed by atoms with Gasteiger partial charge in [-0.1, -0.05) is 41.9 Å². The molecule has 8 heteroatoms. The molecule has 27 heavy (non-hydrogen) atoms. The molecule has 0 aliphatic heterocycles. The summed E-state index contributed by atoms with van der Waals surface area (Å²) < 4.78 is 4.99. The van der Waals surface area contributed by atoms with Crippen LogP contribution in [0.5, 0.6) is 0 Å². The Morgan fingerprint density at radius 2 is 1.89 bits per heavy atom. The van der Waals surface area contributed by atoms with Gasteiger partial charge in [0, 0.05) is 10.7 Å². The number of benzene rings is 2. The highest BCUT2D eigenvalue weighted by molar-refractivity contribution is 6.31. The number of nitrogens with one attached hydrogen (secondary N) is 2. The lowest BCUT2D eigenvalue weighted by Crippen LogP contribution is -2.35. The molecule has 4 N–H and O–H groups in total. The molecular formula is C19H20ClN3O4. The first-order valence-corrected chi connectivity index (χ1v) is 8.55. The Hall–Kier alpha value is -3.06. The van der Waals surface area contributed by atoms with Gasteiger partial charge in [0.15, 0.2) is 6.61 Å². The van der Waals surface area contributed by atoms with Crippen LogP contribution >= 0.6 is 11.6 Å². The van der Waals surface area contributed by atoms with Crippen LogP contribution < -0.4 is 16.4 Å². The summed E-state index contributed by atoms with van der Waals surface area (Å²) in [6.45, 7) is 1.45. The lowest BCUT2D eigenvalue weighted by atomic mass is 10.0. The number of rotatable bonds is 7. The van der Waals surface area contributed by atoms with Crippen molar-refractivity contribution in [3.63, 3.8) is 0 Å². The molecule has 0 bridgehead atoms. The van der Waals surface area contributed by atoms with Crippen molar-refractivity contribution in [1.29, 1.82) is 0 Å². The molecule has 1 atom stereocenters. The molecule has 3 amide bonds. The smallest absolute Gasteiger partial charge is 0.312 e. The quantitative estimate of drug-likeness (QED) is 0.632. The highest BCUT2D eigenvalue weighted by atomic mass is 35.5. The topological polar surface area (TPSA) is 111 Å². The van der Waals surface area contributed by atoms with Crippen molar-refractivity contribution in [1.82, 2.24) is 5.32 Å². The van der Waals surface area contributed by atoms with E-state index in [-0.39, 0.29) is 6.42 Å². The summed E-state index contributed by atoms with van der Waals surface area (Å²) in [6.07, 6.45) is -0.218. The van der Waals surface area contributed by atoms with Gasteiger partial charge in [0.2, 0.25) is 0 Å². The Bertz CT molecular complexity index is 841. The second-order valence-corrected chi connectivity index (χ2v) is 6.27. The average Bonchev–Trinajstić information content (AvgIpc) is 2.59. The fourth-order valence-electron chi connectivity index (χ4n) is 2.46. The molecule has 142 valence electrons. The van der Waals surface area contributed by atoms with Gasteiger partial charge in [-0.05, 0) is 36.2 Å². The predicted molar refractivity (Wildman–Crippen MR) is 102 cm³/mol. The van der Waals surface area contributed by atoms with Gasteiger partial charge in [0.05, 0.1) is 12.5 Å². The molecule has 2 aromatic rings. The summed E-state index contributed by atoms with van der Waals surface area (Å²) in [6, 6.07) is 12.4.